The molecule has 11 heteroatoms. The molecule has 162 valence electrons. The van der Waals surface area contributed by atoms with Crippen LogP contribution in [0.3, 0.4) is 0 Å². The summed E-state index contributed by atoms with van der Waals surface area (Å²) in [7, 11) is 3.14. The van der Waals surface area contributed by atoms with Gasteiger partial charge in [0.05, 0.1) is 26.2 Å². The molecule has 0 fully saturated rings. The van der Waals surface area contributed by atoms with E-state index in [2.05, 4.69) is 20.7 Å². The first-order valence-electron chi connectivity index (χ1n) is 8.95. The van der Waals surface area contributed by atoms with E-state index in [0.717, 1.165) is 24.8 Å². The third-order valence-electron chi connectivity index (χ3n) is 3.86. The van der Waals surface area contributed by atoms with Crippen LogP contribution < -0.4 is 14.9 Å². The monoisotopic (exact) mass is 494 g/mol. The number of aromatic nitrogens is 2. The number of thioether (sulfide) groups is 2. The van der Waals surface area contributed by atoms with Gasteiger partial charge in [-0.25, -0.2) is 5.43 Å². The fourth-order valence-electron chi connectivity index (χ4n) is 2.33. The van der Waals surface area contributed by atoms with Crippen LogP contribution in [0.4, 0.5) is 0 Å². The van der Waals surface area contributed by atoms with Gasteiger partial charge >= 0.3 is 0 Å². The number of benzene rings is 2. The number of ether oxygens (including phenoxy) is 2. The first-order chi connectivity index (χ1) is 15.1. The molecule has 1 N–H and O–H groups in total. The van der Waals surface area contributed by atoms with Gasteiger partial charge in [-0.1, -0.05) is 64.7 Å². The maximum absolute atomic E-state index is 12.1. The molecule has 1 aromatic heterocycles. The quantitative estimate of drug-likeness (QED) is 0.247. The Bertz CT molecular complexity index is 1060. The van der Waals surface area contributed by atoms with E-state index in [9.17, 15) is 4.79 Å². The molecule has 31 heavy (non-hydrogen) atoms. The molecule has 0 atom stereocenters. The lowest BCUT2D eigenvalue weighted by Crippen LogP contribution is -2.19. The number of hydrazone groups is 1. The van der Waals surface area contributed by atoms with Crippen LogP contribution in [0.25, 0.3) is 0 Å². The maximum atomic E-state index is 12.1. The molecule has 1 heterocycles. The molecule has 0 aliphatic carbocycles. The summed E-state index contributed by atoms with van der Waals surface area (Å²) in [6, 6.07) is 13.0. The van der Waals surface area contributed by atoms with E-state index < -0.39 is 0 Å². The lowest BCUT2D eigenvalue weighted by Gasteiger charge is -2.06. The Kier molecular flexibility index (Phi) is 9.01. The molecule has 3 rings (SSSR count). The molecule has 7 nitrogen and oxygen atoms in total. The van der Waals surface area contributed by atoms with Gasteiger partial charge in [-0.2, -0.15) is 5.10 Å². The molecule has 0 unspecified atom stereocenters. The zero-order chi connectivity index (χ0) is 22.1. The van der Waals surface area contributed by atoms with Crippen LogP contribution in [0.2, 0.25) is 5.02 Å². The van der Waals surface area contributed by atoms with Gasteiger partial charge < -0.3 is 9.47 Å². The topological polar surface area (TPSA) is 85.7 Å². The van der Waals surface area contributed by atoms with Crippen molar-refractivity contribution in [3.05, 3.63) is 58.6 Å². The molecular formula is C20H19ClN4O3S3. The van der Waals surface area contributed by atoms with Gasteiger partial charge in [-0.3, -0.25) is 4.79 Å². The van der Waals surface area contributed by atoms with E-state index in [1.54, 1.807) is 44.2 Å². The number of amides is 1. The minimum absolute atomic E-state index is 0.181. The Labute approximate surface area is 197 Å². The van der Waals surface area contributed by atoms with Gasteiger partial charge in [0, 0.05) is 22.4 Å². The molecule has 3 aromatic rings. The summed E-state index contributed by atoms with van der Waals surface area (Å²) < 4.78 is 12.0. The Morgan fingerprint density at radius 3 is 2.68 bits per heavy atom. The van der Waals surface area contributed by atoms with Crippen molar-refractivity contribution in [3.63, 3.8) is 0 Å². The minimum Gasteiger partial charge on any atom is -0.497 e. The predicted molar refractivity (Wildman–Crippen MR) is 127 cm³/mol. The maximum Gasteiger partial charge on any atom is 0.250 e. The van der Waals surface area contributed by atoms with E-state index in [1.165, 1.54) is 29.3 Å². The summed E-state index contributed by atoms with van der Waals surface area (Å²) >= 11 is 10.5. The van der Waals surface area contributed by atoms with Crippen LogP contribution >= 0.6 is 46.5 Å². The average Bonchev–Trinajstić information content (AvgIpc) is 3.25. The summed E-state index contributed by atoms with van der Waals surface area (Å²) in [6.07, 6.45) is 1.52. The van der Waals surface area contributed by atoms with E-state index in [4.69, 9.17) is 21.1 Å². The largest absolute Gasteiger partial charge is 0.497 e. The number of nitrogens with zero attached hydrogens (tertiary/aromatic N) is 3. The highest BCUT2D eigenvalue weighted by Crippen LogP contribution is 2.32. The van der Waals surface area contributed by atoms with Crippen molar-refractivity contribution in [2.24, 2.45) is 5.10 Å². The second-order valence-corrected chi connectivity index (χ2v) is 9.73. The number of methoxy groups -OCH3 is 2. The average molecular weight is 495 g/mol. The Hall–Kier alpha value is -2.27. The van der Waals surface area contributed by atoms with Crippen LogP contribution in [0.15, 0.2) is 56.2 Å². The first kappa shape index (κ1) is 23.4. The second kappa shape index (κ2) is 11.9. The van der Waals surface area contributed by atoms with E-state index >= 15 is 0 Å². The highest BCUT2D eigenvalue weighted by molar-refractivity contribution is 8.03. The van der Waals surface area contributed by atoms with Gasteiger partial charge in [0.25, 0.3) is 5.91 Å². The Morgan fingerprint density at radius 1 is 1.16 bits per heavy atom. The van der Waals surface area contributed by atoms with Crippen molar-refractivity contribution in [2.75, 3.05) is 20.0 Å². The van der Waals surface area contributed by atoms with E-state index in [-0.39, 0.29) is 11.7 Å². The van der Waals surface area contributed by atoms with E-state index in [0.29, 0.717) is 17.3 Å². The SMILES string of the molecule is COc1ccc(/C=N/NC(=O)CSc2nnc(SCc3ccccc3Cl)s2)c(OC)c1. The third-order valence-corrected chi connectivity index (χ3v) is 7.46. The molecule has 0 aliphatic heterocycles. The lowest BCUT2D eigenvalue weighted by molar-refractivity contribution is -0.118. The van der Waals surface area contributed by atoms with Crippen LogP contribution in [0.5, 0.6) is 11.5 Å². The highest BCUT2D eigenvalue weighted by atomic mass is 35.5. The normalized spacial score (nSPS) is 10.9. The fraction of sp³-hybridized carbons (Fsp3) is 0.200. The standard InChI is InChI=1S/C20H19ClN4O3S3/c1-27-15-8-7-13(17(9-15)28-2)10-22-23-18(26)12-30-20-25-24-19(31-20)29-11-14-5-3-4-6-16(14)21/h3-10H,11-12H2,1-2H3,(H,23,26)/b22-10+. The van der Waals surface area contributed by atoms with Crippen molar-refractivity contribution < 1.29 is 14.3 Å². The minimum atomic E-state index is -0.241. The van der Waals surface area contributed by atoms with E-state index in [1.807, 2.05) is 24.3 Å². The summed E-state index contributed by atoms with van der Waals surface area (Å²) in [6.45, 7) is 0. The number of hydrogen-bond donors (Lipinski definition) is 1. The van der Waals surface area contributed by atoms with Crippen molar-refractivity contribution in [1.82, 2.24) is 15.6 Å². The van der Waals surface area contributed by atoms with Gasteiger partial charge in [-0.05, 0) is 23.8 Å². The summed E-state index contributed by atoms with van der Waals surface area (Å²) in [4.78, 5) is 12.1. The number of nitrogens with one attached hydrogen (secondary N) is 1. The van der Waals surface area contributed by atoms with Gasteiger partial charge in [0.2, 0.25) is 0 Å². The third kappa shape index (κ3) is 7.13. The smallest absolute Gasteiger partial charge is 0.250 e. The molecule has 2 aromatic carbocycles. The number of carbonyl (C=O) groups excluding carboxylic acids is 1. The summed E-state index contributed by atoms with van der Waals surface area (Å²) in [5, 5.41) is 13.0. The molecule has 0 saturated carbocycles. The van der Waals surface area contributed by atoms with Crippen molar-refractivity contribution in [2.45, 2.75) is 14.4 Å². The van der Waals surface area contributed by atoms with Crippen molar-refractivity contribution in [3.8, 4) is 11.5 Å². The van der Waals surface area contributed by atoms with Gasteiger partial charge in [0.15, 0.2) is 8.68 Å². The van der Waals surface area contributed by atoms with Gasteiger partial charge in [-0.15, -0.1) is 10.2 Å². The van der Waals surface area contributed by atoms with Crippen LogP contribution in [0.1, 0.15) is 11.1 Å². The molecule has 0 spiro atoms. The molecule has 0 radical (unpaired) electrons. The zero-order valence-corrected chi connectivity index (χ0v) is 19.9. The van der Waals surface area contributed by atoms with Crippen LogP contribution in [0, 0.1) is 0 Å². The molecule has 0 aliphatic rings. The summed E-state index contributed by atoms with van der Waals surface area (Å²) in [5.74, 6) is 1.93. The number of halogens is 1. The lowest BCUT2D eigenvalue weighted by atomic mass is 10.2. The molecule has 0 saturated heterocycles. The molecule has 1 amide bonds. The summed E-state index contributed by atoms with van der Waals surface area (Å²) in [5.41, 5.74) is 4.27. The second-order valence-electron chi connectivity index (χ2n) is 5.90. The number of hydrogen-bond acceptors (Lipinski definition) is 9. The Balaban J connectivity index is 1.45. The molecule has 0 bridgehead atoms. The van der Waals surface area contributed by atoms with Crippen molar-refractivity contribution >= 4 is 58.6 Å². The number of carbonyl (C=O) groups is 1. The number of rotatable bonds is 10. The Morgan fingerprint density at radius 2 is 1.94 bits per heavy atom. The molecular weight excluding hydrogens is 476 g/mol. The van der Waals surface area contributed by atoms with Crippen LogP contribution in [-0.4, -0.2) is 42.3 Å². The zero-order valence-electron chi connectivity index (χ0n) is 16.7. The van der Waals surface area contributed by atoms with Crippen molar-refractivity contribution in [1.29, 1.82) is 0 Å². The highest BCUT2D eigenvalue weighted by Gasteiger charge is 2.10. The van der Waals surface area contributed by atoms with Crippen LogP contribution in [-0.2, 0) is 10.5 Å². The fourth-order valence-corrected chi connectivity index (χ4v) is 5.43. The van der Waals surface area contributed by atoms with Gasteiger partial charge in [0.1, 0.15) is 11.5 Å². The first-order valence-corrected chi connectivity index (χ1v) is 12.1. The predicted octanol–water partition coefficient (Wildman–Crippen LogP) is 4.74.